The van der Waals surface area contributed by atoms with E-state index in [4.69, 9.17) is 11.2 Å². The van der Waals surface area contributed by atoms with E-state index in [0.29, 0.717) is 0 Å². The van der Waals surface area contributed by atoms with E-state index in [1.807, 2.05) is 30.3 Å². The molecule has 114 valence electrons. The highest BCUT2D eigenvalue weighted by molar-refractivity contribution is 7.89. The molecule has 1 amide bonds. The van der Waals surface area contributed by atoms with Gasteiger partial charge in [0.2, 0.25) is 10.0 Å². The van der Waals surface area contributed by atoms with Gasteiger partial charge in [-0.15, -0.1) is 6.42 Å². The zero-order valence-electron chi connectivity index (χ0n) is 11.7. The molecule has 0 radical (unpaired) electrons. The maximum Gasteiger partial charge on any atom is 0.407 e. The summed E-state index contributed by atoms with van der Waals surface area (Å²) in [6.07, 6.45) is 4.31. The SMILES string of the molecule is C#CCNS(=O)(=O)C[C@H](C)NC(=O)OCc1ccccc1. The van der Waals surface area contributed by atoms with Gasteiger partial charge in [-0.25, -0.2) is 17.9 Å². The highest BCUT2D eigenvalue weighted by Gasteiger charge is 2.17. The Morgan fingerprint density at radius 2 is 2.05 bits per heavy atom. The van der Waals surface area contributed by atoms with Gasteiger partial charge in [0.15, 0.2) is 0 Å². The molecule has 0 saturated heterocycles. The van der Waals surface area contributed by atoms with Crippen molar-refractivity contribution in [2.45, 2.75) is 19.6 Å². The quantitative estimate of drug-likeness (QED) is 0.731. The van der Waals surface area contributed by atoms with Crippen molar-refractivity contribution < 1.29 is 17.9 Å². The van der Waals surface area contributed by atoms with E-state index in [1.165, 1.54) is 0 Å². The van der Waals surface area contributed by atoms with Crippen LogP contribution in [-0.2, 0) is 21.4 Å². The lowest BCUT2D eigenvalue weighted by molar-refractivity contribution is 0.137. The van der Waals surface area contributed by atoms with E-state index < -0.39 is 22.2 Å². The molecule has 1 aromatic carbocycles. The van der Waals surface area contributed by atoms with Crippen molar-refractivity contribution >= 4 is 16.1 Å². The molecule has 21 heavy (non-hydrogen) atoms. The Labute approximate surface area is 124 Å². The number of rotatable bonds is 7. The Kier molecular flexibility index (Phi) is 6.72. The highest BCUT2D eigenvalue weighted by atomic mass is 32.2. The van der Waals surface area contributed by atoms with Crippen LogP contribution in [0.3, 0.4) is 0 Å². The largest absolute Gasteiger partial charge is 0.445 e. The first-order valence-corrected chi connectivity index (χ1v) is 7.96. The zero-order valence-corrected chi connectivity index (χ0v) is 12.5. The second-order valence-corrected chi connectivity index (χ2v) is 6.27. The van der Waals surface area contributed by atoms with Crippen molar-refractivity contribution in [3.8, 4) is 12.3 Å². The van der Waals surface area contributed by atoms with Crippen molar-refractivity contribution in [1.29, 1.82) is 0 Å². The van der Waals surface area contributed by atoms with Crippen molar-refractivity contribution in [2.24, 2.45) is 0 Å². The summed E-state index contributed by atoms with van der Waals surface area (Å²) in [7, 11) is -3.52. The fourth-order valence-electron chi connectivity index (χ4n) is 1.55. The first-order valence-electron chi connectivity index (χ1n) is 6.31. The van der Waals surface area contributed by atoms with Crippen molar-refractivity contribution in [3.05, 3.63) is 35.9 Å². The minimum atomic E-state index is -3.52. The standard InChI is InChI=1S/C14H18N2O4S/c1-3-9-15-21(18,19)11-12(2)16-14(17)20-10-13-7-5-4-6-8-13/h1,4-8,12,15H,9-11H2,2H3,(H,16,17)/t12-/m0/s1. The number of terminal acetylenes is 1. The summed E-state index contributed by atoms with van der Waals surface area (Å²) in [6, 6.07) is 8.59. The van der Waals surface area contributed by atoms with E-state index >= 15 is 0 Å². The molecule has 0 aliphatic rings. The average molecular weight is 310 g/mol. The summed E-state index contributed by atoms with van der Waals surface area (Å²) in [5, 5.41) is 2.45. The first kappa shape index (κ1) is 17.0. The van der Waals surface area contributed by atoms with Gasteiger partial charge in [0.25, 0.3) is 0 Å². The van der Waals surface area contributed by atoms with Gasteiger partial charge in [-0.2, -0.15) is 0 Å². The summed E-state index contributed by atoms with van der Waals surface area (Å²) in [5.41, 5.74) is 0.851. The molecule has 0 aliphatic heterocycles. The van der Waals surface area contributed by atoms with Gasteiger partial charge in [-0.1, -0.05) is 36.3 Å². The summed E-state index contributed by atoms with van der Waals surface area (Å²) in [4.78, 5) is 11.5. The third-order valence-electron chi connectivity index (χ3n) is 2.44. The molecule has 1 rings (SSSR count). The smallest absolute Gasteiger partial charge is 0.407 e. The van der Waals surface area contributed by atoms with Crippen LogP contribution in [-0.4, -0.2) is 32.9 Å². The van der Waals surface area contributed by atoms with E-state index in [9.17, 15) is 13.2 Å². The minimum Gasteiger partial charge on any atom is -0.445 e. The number of sulfonamides is 1. The summed E-state index contributed by atoms with van der Waals surface area (Å²) < 4.78 is 30.3. The molecule has 0 saturated carbocycles. The van der Waals surface area contributed by atoms with Gasteiger partial charge < -0.3 is 10.1 Å². The number of benzene rings is 1. The van der Waals surface area contributed by atoms with Crippen LogP contribution in [0.2, 0.25) is 0 Å². The number of hydrogen-bond acceptors (Lipinski definition) is 4. The summed E-state index contributed by atoms with van der Waals surface area (Å²) in [6.45, 7) is 1.62. The van der Waals surface area contributed by atoms with Gasteiger partial charge in [0, 0.05) is 6.04 Å². The maximum atomic E-state index is 11.6. The third kappa shape index (κ3) is 7.34. The molecule has 7 heteroatoms. The van der Waals surface area contributed by atoms with Gasteiger partial charge in [-0.3, -0.25) is 0 Å². The Balaban J connectivity index is 2.35. The minimum absolute atomic E-state index is 0.0759. The molecule has 0 aliphatic carbocycles. The fraction of sp³-hybridized carbons (Fsp3) is 0.357. The van der Waals surface area contributed by atoms with E-state index in [-0.39, 0.29) is 18.9 Å². The zero-order chi connectivity index (χ0) is 15.7. The molecule has 0 aromatic heterocycles. The van der Waals surface area contributed by atoms with E-state index in [2.05, 4.69) is 16.0 Å². The lowest BCUT2D eigenvalue weighted by Crippen LogP contribution is -2.41. The topological polar surface area (TPSA) is 84.5 Å². The molecule has 1 aromatic rings. The monoisotopic (exact) mass is 310 g/mol. The number of carbonyl (C=O) groups excluding carboxylic acids is 1. The Morgan fingerprint density at radius 3 is 2.67 bits per heavy atom. The Bertz CT molecular complexity index is 593. The maximum absolute atomic E-state index is 11.6. The normalized spacial score (nSPS) is 12.2. The molecular weight excluding hydrogens is 292 g/mol. The Hall–Kier alpha value is -2.04. The van der Waals surface area contributed by atoms with Gasteiger partial charge in [0.05, 0.1) is 12.3 Å². The van der Waals surface area contributed by atoms with Crippen LogP contribution < -0.4 is 10.0 Å². The van der Waals surface area contributed by atoms with Crippen LogP contribution in [0.1, 0.15) is 12.5 Å². The number of hydrogen-bond donors (Lipinski definition) is 2. The van der Waals surface area contributed by atoms with Crippen LogP contribution in [0, 0.1) is 12.3 Å². The first-order chi connectivity index (χ1) is 9.93. The van der Waals surface area contributed by atoms with Crippen LogP contribution >= 0.6 is 0 Å². The average Bonchev–Trinajstić information content (AvgIpc) is 2.43. The second kappa shape index (κ2) is 8.29. The van der Waals surface area contributed by atoms with Crippen molar-refractivity contribution in [2.75, 3.05) is 12.3 Å². The summed E-state index contributed by atoms with van der Waals surface area (Å²) >= 11 is 0. The predicted molar refractivity (Wildman–Crippen MR) is 79.8 cm³/mol. The van der Waals surface area contributed by atoms with Gasteiger partial charge >= 0.3 is 6.09 Å². The van der Waals surface area contributed by atoms with Gasteiger partial charge in [0.1, 0.15) is 6.61 Å². The third-order valence-corrected chi connectivity index (χ3v) is 3.96. The molecule has 2 N–H and O–H groups in total. The molecule has 0 bridgehead atoms. The van der Waals surface area contributed by atoms with E-state index in [0.717, 1.165) is 5.56 Å². The van der Waals surface area contributed by atoms with Crippen molar-refractivity contribution in [3.63, 3.8) is 0 Å². The van der Waals surface area contributed by atoms with Crippen LogP contribution in [0.25, 0.3) is 0 Å². The van der Waals surface area contributed by atoms with Crippen LogP contribution in [0.15, 0.2) is 30.3 Å². The number of carbonyl (C=O) groups is 1. The lowest BCUT2D eigenvalue weighted by Gasteiger charge is -2.14. The molecule has 0 heterocycles. The molecule has 0 fully saturated rings. The van der Waals surface area contributed by atoms with Crippen LogP contribution in [0.4, 0.5) is 4.79 Å². The lowest BCUT2D eigenvalue weighted by atomic mass is 10.2. The molecule has 0 unspecified atom stereocenters. The number of amides is 1. The molecule has 1 atom stereocenters. The number of nitrogens with one attached hydrogen (secondary N) is 2. The fourth-order valence-corrected chi connectivity index (χ4v) is 2.71. The summed E-state index contributed by atoms with van der Waals surface area (Å²) in [5.74, 6) is 1.91. The Morgan fingerprint density at radius 1 is 1.38 bits per heavy atom. The number of ether oxygens (including phenoxy) is 1. The van der Waals surface area contributed by atoms with Crippen LogP contribution in [0.5, 0.6) is 0 Å². The molecule has 6 nitrogen and oxygen atoms in total. The van der Waals surface area contributed by atoms with Crippen molar-refractivity contribution in [1.82, 2.24) is 10.0 Å². The van der Waals surface area contributed by atoms with Gasteiger partial charge in [-0.05, 0) is 12.5 Å². The molecular formula is C14H18N2O4S. The van der Waals surface area contributed by atoms with E-state index in [1.54, 1.807) is 6.92 Å². The second-order valence-electron chi connectivity index (χ2n) is 4.41. The number of alkyl carbamates (subject to hydrolysis) is 1. The predicted octanol–water partition coefficient (Wildman–Crippen LogP) is 0.854. The molecule has 0 spiro atoms. The highest BCUT2D eigenvalue weighted by Crippen LogP contribution is 2.01.